The van der Waals surface area contributed by atoms with Crippen LogP contribution in [0.5, 0.6) is 5.75 Å². The maximum atomic E-state index is 11.1. The van der Waals surface area contributed by atoms with E-state index in [4.69, 9.17) is 0 Å². The minimum absolute atomic E-state index is 0.0134. The van der Waals surface area contributed by atoms with Crippen LogP contribution in [0.1, 0.15) is 5.69 Å². The van der Waals surface area contributed by atoms with Gasteiger partial charge >= 0.3 is 0 Å². The first kappa shape index (κ1) is 8.62. The van der Waals surface area contributed by atoms with Crippen molar-refractivity contribution in [3.8, 4) is 16.9 Å². The van der Waals surface area contributed by atoms with Crippen molar-refractivity contribution < 1.29 is 5.11 Å². The molecule has 0 unspecified atom stereocenters. The van der Waals surface area contributed by atoms with Crippen LogP contribution in [0.4, 0.5) is 0 Å². The molecule has 0 aliphatic rings. The summed E-state index contributed by atoms with van der Waals surface area (Å²) in [5.74, 6) is -0.694. The second kappa shape index (κ2) is 2.77. The third kappa shape index (κ3) is 1.04. The summed E-state index contributed by atoms with van der Waals surface area (Å²) in [5.41, 5.74) is -0.447. The number of rotatable bonds is 1. The van der Waals surface area contributed by atoms with Crippen LogP contribution in [0, 0.1) is 6.92 Å². The van der Waals surface area contributed by atoms with Crippen LogP contribution in [0.25, 0.3) is 11.1 Å². The van der Waals surface area contributed by atoms with Gasteiger partial charge in [-0.3, -0.25) is 14.6 Å². The zero-order valence-electron chi connectivity index (χ0n) is 7.40. The second-order valence-corrected chi connectivity index (χ2v) is 3.05. The highest BCUT2D eigenvalue weighted by molar-refractivity contribution is 5.72. The van der Waals surface area contributed by atoms with Gasteiger partial charge in [-0.05, 0) is 30.4 Å². The SMILES string of the molecule is Cc1cc(-c2c([O-])c(=O)c2=O)ccn1. The van der Waals surface area contributed by atoms with Gasteiger partial charge in [0.2, 0.25) is 10.9 Å². The van der Waals surface area contributed by atoms with Gasteiger partial charge in [-0.2, -0.15) is 0 Å². The number of hydrogen-bond donors (Lipinski definition) is 0. The summed E-state index contributed by atoms with van der Waals surface area (Å²) in [4.78, 5) is 25.7. The van der Waals surface area contributed by atoms with Gasteiger partial charge < -0.3 is 5.11 Å². The third-order valence-electron chi connectivity index (χ3n) is 2.05. The first-order valence-electron chi connectivity index (χ1n) is 4.04. The van der Waals surface area contributed by atoms with E-state index >= 15 is 0 Å². The van der Waals surface area contributed by atoms with Gasteiger partial charge in [-0.1, -0.05) is 0 Å². The van der Waals surface area contributed by atoms with E-state index in [0.717, 1.165) is 0 Å². The number of pyridine rings is 1. The van der Waals surface area contributed by atoms with Crippen molar-refractivity contribution in [3.05, 3.63) is 44.5 Å². The van der Waals surface area contributed by atoms with E-state index in [2.05, 4.69) is 4.98 Å². The summed E-state index contributed by atoms with van der Waals surface area (Å²) in [7, 11) is 0. The lowest BCUT2D eigenvalue weighted by molar-refractivity contribution is -0.270. The smallest absolute Gasteiger partial charge is 0.232 e. The van der Waals surface area contributed by atoms with E-state index in [1.807, 2.05) is 0 Å². The lowest BCUT2D eigenvalue weighted by atomic mass is 10.0. The van der Waals surface area contributed by atoms with Crippen molar-refractivity contribution in [2.75, 3.05) is 0 Å². The average Bonchev–Trinajstić information content (AvgIpc) is 2.18. The summed E-state index contributed by atoms with van der Waals surface area (Å²) < 4.78 is 0. The highest BCUT2D eigenvalue weighted by atomic mass is 16.3. The molecule has 0 aliphatic carbocycles. The van der Waals surface area contributed by atoms with Gasteiger partial charge in [-0.25, -0.2) is 0 Å². The zero-order chi connectivity index (χ0) is 10.3. The third-order valence-corrected chi connectivity index (χ3v) is 2.05. The molecule has 0 saturated carbocycles. The van der Waals surface area contributed by atoms with Crippen LogP contribution >= 0.6 is 0 Å². The first-order valence-corrected chi connectivity index (χ1v) is 4.04. The summed E-state index contributed by atoms with van der Waals surface area (Å²) in [5, 5.41) is 11.1. The molecule has 2 rings (SSSR count). The quantitative estimate of drug-likeness (QED) is 0.577. The molecule has 4 nitrogen and oxygen atoms in total. The maximum Gasteiger partial charge on any atom is 0.232 e. The lowest BCUT2D eigenvalue weighted by Gasteiger charge is -2.14. The molecule has 70 valence electrons. The standard InChI is InChI=1S/C10H7NO3/c1-5-4-6(2-3-11-5)7-8(12)10(14)9(7)13/h2-4,12H,1H3/p-1. The predicted octanol–water partition coefficient (Wildman–Crippen LogP) is -0.273. The molecule has 0 bridgehead atoms. The number of nitrogens with zero attached hydrogens (tertiary/aromatic N) is 1. The Morgan fingerprint density at radius 1 is 1.29 bits per heavy atom. The van der Waals surface area contributed by atoms with Crippen LogP contribution in [0.3, 0.4) is 0 Å². The van der Waals surface area contributed by atoms with E-state index < -0.39 is 16.6 Å². The van der Waals surface area contributed by atoms with E-state index in [9.17, 15) is 14.7 Å². The van der Waals surface area contributed by atoms with Crippen LogP contribution in [-0.4, -0.2) is 4.98 Å². The van der Waals surface area contributed by atoms with Crippen molar-refractivity contribution in [3.63, 3.8) is 0 Å². The topological polar surface area (TPSA) is 70.1 Å². The fraction of sp³-hybridized carbons (Fsp3) is 0.100. The molecule has 0 fully saturated rings. The number of aromatic nitrogens is 1. The van der Waals surface area contributed by atoms with Crippen LogP contribution in [0.15, 0.2) is 27.9 Å². The largest absolute Gasteiger partial charge is 0.869 e. The zero-order valence-corrected chi connectivity index (χ0v) is 7.40. The molecular formula is C10H6NO3-. The van der Waals surface area contributed by atoms with E-state index in [0.29, 0.717) is 11.3 Å². The van der Waals surface area contributed by atoms with Crippen LogP contribution in [-0.2, 0) is 0 Å². The van der Waals surface area contributed by atoms with Crippen molar-refractivity contribution in [2.24, 2.45) is 0 Å². The summed E-state index contributed by atoms with van der Waals surface area (Å²) in [6, 6.07) is 3.15. The molecular weight excluding hydrogens is 182 g/mol. The Kier molecular flexibility index (Phi) is 1.70. The van der Waals surface area contributed by atoms with Crippen molar-refractivity contribution in [1.82, 2.24) is 4.98 Å². The highest BCUT2D eigenvalue weighted by Gasteiger charge is 2.14. The lowest BCUT2D eigenvalue weighted by Crippen LogP contribution is -2.36. The average molecular weight is 188 g/mol. The molecule has 1 heterocycles. The predicted molar refractivity (Wildman–Crippen MR) is 48.8 cm³/mol. The minimum atomic E-state index is -0.922. The van der Waals surface area contributed by atoms with Gasteiger partial charge in [0.25, 0.3) is 0 Å². The van der Waals surface area contributed by atoms with E-state index in [1.165, 1.54) is 6.20 Å². The number of hydrogen-bond acceptors (Lipinski definition) is 4. The van der Waals surface area contributed by atoms with Gasteiger partial charge in [0.05, 0.1) is 0 Å². The molecule has 4 heteroatoms. The molecule has 0 spiro atoms. The Morgan fingerprint density at radius 3 is 2.57 bits per heavy atom. The highest BCUT2D eigenvalue weighted by Crippen LogP contribution is 2.21. The Labute approximate surface area is 79.2 Å². The summed E-state index contributed by atoms with van der Waals surface area (Å²) >= 11 is 0. The molecule has 1 aromatic carbocycles. The van der Waals surface area contributed by atoms with Crippen LogP contribution in [0.2, 0.25) is 0 Å². The molecule has 0 radical (unpaired) electrons. The molecule has 14 heavy (non-hydrogen) atoms. The maximum absolute atomic E-state index is 11.1. The molecule has 0 amide bonds. The van der Waals surface area contributed by atoms with Crippen molar-refractivity contribution >= 4 is 0 Å². The number of aryl methyl sites for hydroxylation is 1. The van der Waals surface area contributed by atoms with Gasteiger partial charge in [0, 0.05) is 17.5 Å². The molecule has 2 aromatic rings. The van der Waals surface area contributed by atoms with Gasteiger partial charge in [-0.15, -0.1) is 0 Å². The van der Waals surface area contributed by atoms with Gasteiger partial charge in [0.1, 0.15) is 0 Å². The second-order valence-electron chi connectivity index (χ2n) is 3.05. The van der Waals surface area contributed by atoms with Crippen LogP contribution < -0.4 is 16.0 Å². The minimum Gasteiger partial charge on any atom is -0.869 e. The normalized spacial score (nSPS) is 10.6. The molecule has 0 atom stereocenters. The molecule has 1 aromatic heterocycles. The fourth-order valence-electron chi connectivity index (χ4n) is 1.33. The summed E-state index contributed by atoms with van der Waals surface area (Å²) in [6.45, 7) is 1.75. The first-order chi connectivity index (χ1) is 6.61. The fourth-order valence-corrected chi connectivity index (χ4v) is 1.33. The molecule has 0 saturated heterocycles. The Bertz CT molecular complexity index is 565. The van der Waals surface area contributed by atoms with Crippen molar-refractivity contribution in [1.29, 1.82) is 0 Å². The Balaban J connectivity index is 2.63. The van der Waals surface area contributed by atoms with E-state index in [1.54, 1.807) is 19.1 Å². The summed E-state index contributed by atoms with van der Waals surface area (Å²) in [6.07, 6.45) is 1.50. The molecule has 0 aliphatic heterocycles. The Hall–Kier alpha value is -1.97. The molecule has 0 N–H and O–H groups in total. The monoisotopic (exact) mass is 188 g/mol. The van der Waals surface area contributed by atoms with Gasteiger partial charge in [0.15, 0.2) is 0 Å². The van der Waals surface area contributed by atoms with E-state index in [-0.39, 0.29) is 5.56 Å². The van der Waals surface area contributed by atoms with Crippen molar-refractivity contribution in [2.45, 2.75) is 6.92 Å². The Morgan fingerprint density at radius 2 is 2.00 bits per heavy atom.